The van der Waals surface area contributed by atoms with Crippen LogP contribution in [0, 0.1) is 0 Å². The second-order valence-corrected chi connectivity index (χ2v) is 5.01. The molecule has 0 saturated carbocycles. The molecule has 3 nitrogen and oxygen atoms in total. The number of halogens is 1. The van der Waals surface area contributed by atoms with Crippen LogP contribution in [0.3, 0.4) is 0 Å². The molecule has 0 spiro atoms. The molecule has 0 aliphatic heterocycles. The zero-order valence-corrected chi connectivity index (χ0v) is 11.9. The molecule has 1 atom stereocenters. The zero-order valence-electron chi connectivity index (χ0n) is 11.1. The topological polar surface area (TPSA) is 43.7 Å². The molecule has 0 aliphatic rings. The number of anilines is 1. The number of hydrogen-bond donors (Lipinski definition) is 2. The monoisotopic (exact) mass is 291 g/mol. The quantitative estimate of drug-likeness (QED) is 0.860. The van der Waals surface area contributed by atoms with E-state index in [1.165, 1.54) is 0 Å². The van der Waals surface area contributed by atoms with E-state index in [1.54, 1.807) is 12.1 Å². The van der Waals surface area contributed by atoms with Gasteiger partial charge in [0, 0.05) is 23.8 Å². The Morgan fingerprint density at radius 2 is 1.65 bits per heavy atom. The third-order valence-electron chi connectivity index (χ3n) is 3.14. The van der Waals surface area contributed by atoms with Crippen molar-refractivity contribution in [1.29, 1.82) is 0 Å². The number of hydrogen-bond acceptors (Lipinski definition) is 3. The highest BCUT2D eigenvalue weighted by Gasteiger charge is 2.13. The fraction of sp³-hybridized carbons (Fsp3) is 0.250. The molecule has 0 amide bonds. The maximum Gasteiger partial charge on any atom is 0.0964 e. The summed E-state index contributed by atoms with van der Waals surface area (Å²) in [5.74, 6) is 0. The molecule has 106 valence electrons. The fourth-order valence-electron chi connectivity index (χ4n) is 2.08. The lowest BCUT2D eigenvalue weighted by atomic mass is 10.1. The van der Waals surface area contributed by atoms with Gasteiger partial charge in [0.25, 0.3) is 0 Å². The Morgan fingerprint density at radius 3 is 2.25 bits per heavy atom. The summed E-state index contributed by atoms with van der Waals surface area (Å²) in [6.07, 6.45) is -0.626. The van der Waals surface area contributed by atoms with E-state index in [-0.39, 0.29) is 6.61 Å². The lowest BCUT2D eigenvalue weighted by Crippen LogP contribution is -2.31. The molecule has 2 rings (SSSR count). The fourth-order valence-corrected chi connectivity index (χ4v) is 2.21. The molecule has 0 bridgehead atoms. The maximum absolute atomic E-state index is 10.3. The van der Waals surface area contributed by atoms with Crippen molar-refractivity contribution < 1.29 is 10.2 Å². The predicted molar refractivity (Wildman–Crippen MR) is 82.2 cm³/mol. The van der Waals surface area contributed by atoms with Gasteiger partial charge >= 0.3 is 0 Å². The predicted octanol–water partition coefficient (Wildman–Crippen LogP) is 2.87. The Kier molecular flexibility index (Phi) is 5.41. The molecule has 2 aromatic carbocycles. The van der Waals surface area contributed by atoms with Gasteiger partial charge in [0.1, 0.15) is 0 Å². The number of aliphatic hydroxyl groups excluding tert-OH is 2. The van der Waals surface area contributed by atoms with E-state index < -0.39 is 6.10 Å². The molecule has 2 N–H and O–H groups in total. The smallest absolute Gasteiger partial charge is 0.0964 e. The van der Waals surface area contributed by atoms with Gasteiger partial charge in [-0.25, -0.2) is 0 Å². The van der Waals surface area contributed by atoms with Crippen molar-refractivity contribution in [2.75, 3.05) is 24.6 Å². The molecule has 4 heteroatoms. The van der Waals surface area contributed by atoms with Crippen LogP contribution >= 0.6 is 11.6 Å². The standard InChI is InChI=1S/C16H18ClNO2/c17-14-8-6-13(7-9-14)16(20)12-18(10-11-19)15-4-2-1-3-5-15/h1-9,16,19-20H,10-12H2. The average Bonchev–Trinajstić information content (AvgIpc) is 2.48. The summed E-state index contributed by atoms with van der Waals surface area (Å²) in [4.78, 5) is 1.96. The number of para-hydroxylation sites is 1. The Labute approximate surface area is 124 Å². The van der Waals surface area contributed by atoms with Crippen molar-refractivity contribution in [1.82, 2.24) is 0 Å². The van der Waals surface area contributed by atoms with Crippen LogP contribution in [-0.4, -0.2) is 29.9 Å². The Hall–Kier alpha value is -1.55. The number of nitrogens with zero attached hydrogens (tertiary/aromatic N) is 1. The second kappa shape index (κ2) is 7.29. The van der Waals surface area contributed by atoms with Crippen molar-refractivity contribution in [2.45, 2.75) is 6.10 Å². The molecule has 2 aromatic rings. The number of benzene rings is 2. The van der Waals surface area contributed by atoms with Crippen LogP contribution in [-0.2, 0) is 0 Å². The van der Waals surface area contributed by atoms with Gasteiger partial charge in [-0.15, -0.1) is 0 Å². The summed E-state index contributed by atoms with van der Waals surface area (Å²) in [6, 6.07) is 16.9. The Balaban J connectivity index is 2.10. The van der Waals surface area contributed by atoms with Gasteiger partial charge in [-0.1, -0.05) is 41.9 Å². The van der Waals surface area contributed by atoms with Gasteiger partial charge in [0.15, 0.2) is 0 Å². The molecule has 0 aromatic heterocycles. The molecule has 0 fully saturated rings. The van der Waals surface area contributed by atoms with Crippen molar-refractivity contribution >= 4 is 17.3 Å². The molecule has 0 saturated heterocycles. The van der Waals surface area contributed by atoms with Crippen molar-refractivity contribution in [3.05, 3.63) is 65.2 Å². The molecule has 1 unspecified atom stereocenters. The van der Waals surface area contributed by atoms with E-state index in [0.717, 1.165) is 11.3 Å². The van der Waals surface area contributed by atoms with Crippen molar-refractivity contribution in [3.8, 4) is 0 Å². The van der Waals surface area contributed by atoms with E-state index in [1.807, 2.05) is 47.4 Å². The van der Waals surface area contributed by atoms with Gasteiger partial charge in [-0.05, 0) is 29.8 Å². The van der Waals surface area contributed by atoms with Crippen LogP contribution in [0.25, 0.3) is 0 Å². The largest absolute Gasteiger partial charge is 0.395 e. The Bertz CT molecular complexity index is 516. The van der Waals surface area contributed by atoms with E-state index in [4.69, 9.17) is 11.6 Å². The minimum absolute atomic E-state index is 0.0439. The van der Waals surface area contributed by atoms with Gasteiger partial charge in [-0.2, -0.15) is 0 Å². The summed E-state index contributed by atoms with van der Waals surface area (Å²) < 4.78 is 0. The molecule has 20 heavy (non-hydrogen) atoms. The van der Waals surface area contributed by atoms with Crippen molar-refractivity contribution in [2.24, 2.45) is 0 Å². The summed E-state index contributed by atoms with van der Waals surface area (Å²) in [7, 11) is 0. The van der Waals surface area contributed by atoms with Crippen LogP contribution < -0.4 is 4.90 Å². The summed E-state index contributed by atoms with van der Waals surface area (Å²) in [6.45, 7) is 0.948. The van der Waals surface area contributed by atoms with E-state index in [0.29, 0.717) is 18.1 Å². The molecular weight excluding hydrogens is 274 g/mol. The first-order valence-electron chi connectivity index (χ1n) is 6.55. The van der Waals surface area contributed by atoms with E-state index >= 15 is 0 Å². The zero-order chi connectivity index (χ0) is 14.4. The highest BCUT2D eigenvalue weighted by atomic mass is 35.5. The summed E-state index contributed by atoms with van der Waals surface area (Å²) in [5.41, 5.74) is 1.79. The van der Waals surface area contributed by atoms with E-state index in [9.17, 15) is 10.2 Å². The lowest BCUT2D eigenvalue weighted by molar-refractivity contribution is 0.180. The van der Waals surface area contributed by atoms with Crippen LogP contribution in [0.4, 0.5) is 5.69 Å². The molecule has 0 aliphatic carbocycles. The van der Waals surface area contributed by atoms with Gasteiger partial charge in [-0.3, -0.25) is 0 Å². The van der Waals surface area contributed by atoms with Crippen LogP contribution in [0.5, 0.6) is 0 Å². The summed E-state index contributed by atoms with van der Waals surface area (Å²) >= 11 is 5.84. The van der Waals surface area contributed by atoms with Gasteiger partial charge in [0.05, 0.1) is 12.7 Å². The highest BCUT2D eigenvalue weighted by Crippen LogP contribution is 2.20. The first-order valence-corrected chi connectivity index (χ1v) is 6.93. The average molecular weight is 292 g/mol. The minimum atomic E-state index is -0.626. The molecule has 0 heterocycles. The van der Waals surface area contributed by atoms with Gasteiger partial charge in [0.2, 0.25) is 0 Å². The van der Waals surface area contributed by atoms with Crippen LogP contribution in [0.1, 0.15) is 11.7 Å². The molecular formula is C16H18ClNO2. The second-order valence-electron chi connectivity index (χ2n) is 4.57. The Morgan fingerprint density at radius 1 is 1.00 bits per heavy atom. The molecule has 0 radical (unpaired) electrons. The SMILES string of the molecule is OCCN(CC(O)c1ccc(Cl)cc1)c1ccccc1. The van der Waals surface area contributed by atoms with E-state index in [2.05, 4.69) is 0 Å². The lowest BCUT2D eigenvalue weighted by Gasteiger charge is -2.26. The van der Waals surface area contributed by atoms with Crippen molar-refractivity contribution in [3.63, 3.8) is 0 Å². The number of aliphatic hydroxyl groups is 2. The number of rotatable bonds is 6. The highest BCUT2D eigenvalue weighted by molar-refractivity contribution is 6.30. The maximum atomic E-state index is 10.3. The normalized spacial score (nSPS) is 12.2. The first-order chi connectivity index (χ1) is 9.70. The third kappa shape index (κ3) is 3.97. The summed E-state index contributed by atoms with van der Waals surface area (Å²) in [5, 5.41) is 20.1. The third-order valence-corrected chi connectivity index (χ3v) is 3.39. The van der Waals surface area contributed by atoms with Crippen LogP contribution in [0.2, 0.25) is 5.02 Å². The minimum Gasteiger partial charge on any atom is -0.395 e. The first kappa shape index (κ1) is 14.9. The van der Waals surface area contributed by atoms with Gasteiger partial charge < -0.3 is 15.1 Å². The van der Waals surface area contributed by atoms with Crippen LogP contribution in [0.15, 0.2) is 54.6 Å².